The summed E-state index contributed by atoms with van der Waals surface area (Å²) in [7, 11) is 0. The van der Waals surface area contributed by atoms with Crippen molar-refractivity contribution in [3.8, 4) is 0 Å². The third kappa shape index (κ3) is 1.92. The van der Waals surface area contributed by atoms with Crippen molar-refractivity contribution in [2.24, 2.45) is 5.92 Å². The molecule has 1 unspecified atom stereocenters. The van der Waals surface area contributed by atoms with Crippen molar-refractivity contribution in [3.63, 3.8) is 0 Å². The lowest BCUT2D eigenvalue weighted by Gasteiger charge is -2.37. The summed E-state index contributed by atoms with van der Waals surface area (Å²) in [6.07, 6.45) is 1.06. The molecule has 0 aromatic heterocycles. The fraction of sp³-hybridized carbons (Fsp3) is 0.600. The number of rotatable bonds is 2. The molecule has 1 saturated heterocycles. The first-order chi connectivity index (χ1) is 7.00. The molecule has 1 amide bonds. The van der Waals surface area contributed by atoms with Crippen molar-refractivity contribution in [3.05, 3.63) is 11.8 Å². The van der Waals surface area contributed by atoms with Crippen LogP contribution in [-0.2, 0) is 14.3 Å². The van der Waals surface area contributed by atoms with Gasteiger partial charge in [-0.3, -0.25) is 4.79 Å². The lowest BCUT2D eigenvalue weighted by Crippen LogP contribution is -2.52. The number of β-lactam (4-membered cyclic amide) rings is 1. The fourth-order valence-corrected chi connectivity index (χ4v) is 2.00. The molecule has 1 fully saturated rings. The summed E-state index contributed by atoms with van der Waals surface area (Å²) in [5.74, 6) is -0.509. The molecule has 16 heavy (non-hydrogen) atoms. The van der Waals surface area contributed by atoms with E-state index in [4.69, 9.17) is 5.11 Å². The van der Waals surface area contributed by atoms with E-state index >= 15 is 0 Å². The van der Waals surface area contributed by atoms with Crippen molar-refractivity contribution in [2.75, 3.05) is 0 Å². The topological polar surface area (TPSA) is 66.8 Å². The van der Waals surface area contributed by atoms with Crippen LogP contribution in [0.1, 0.15) is 20.3 Å². The summed E-state index contributed by atoms with van der Waals surface area (Å²) in [6.45, 7) is 3.30. The highest BCUT2D eigenvalue weighted by Crippen LogP contribution is 2.37. The minimum Gasteiger partial charge on any atom is -0.432 e. The Morgan fingerprint density at radius 2 is 2.31 bits per heavy atom. The molecular formula is C10H14ClNO4. The minimum atomic E-state index is -1.15. The van der Waals surface area contributed by atoms with E-state index in [0.717, 1.165) is 0 Å². The second kappa shape index (κ2) is 4.43. The number of nitrogens with zero attached hydrogens (tertiary/aromatic N) is 1. The first kappa shape index (κ1) is 13.0. The Bertz CT molecular complexity index is 353. The van der Waals surface area contributed by atoms with Crippen molar-refractivity contribution >= 4 is 24.3 Å². The van der Waals surface area contributed by atoms with Crippen molar-refractivity contribution in [2.45, 2.75) is 32.6 Å². The molecule has 2 rings (SSSR count). The monoisotopic (exact) mass is 247 g/mol. The molecule has 5 nitrogen and oxygen atoms in total. The van der Waals surface area contributed by atoms with Gasteiger partial charge in [0.2, 0.25) is 5.91 Å². The zero-order chi connectivity index (χ0) is 11.2. The van der Waals surface area contributed by atoms with Crippen LogP contribution in [0, 0.1) is 5.92 Å². The maximum Gasteiger partial charge on any atom is 0.357 e. The molecule has 0 aromatic rings. The zero-order valence-electron chi connectivity index (χ0n) is 9.04. The Morgan fingerprint density at radius 3 is 2.81 bits per heavy atom. The largest absolute Gasteiger partial charge is 0.432 e. The Hall–Kier alpha value is -1.07. The van der Waals surface area contributed by atoms with E-state index < -0.39 is 12.3 Å². The molecule has 2 aliphatic heterocycles. The van der Waals surface area contributed by atoms with Crippen molar-refractivity contribution < 1.29 is 19.4 Å². The number of carbonyl (C=O) groups excluding carboxylic acids is 2. The molecule has 0 radical (unpaired) electrons. The van der Waals surface area contributed by atoms with Crippen LogP contribution in [0.5, 0.6) is 0 Å². The number of hydrogen-bond acceptors (Lipinski definition) is 4. The number of carbonyl (C=O) groups is 2. The van der Waals surface area contributed by atoms with Crippen molar-refractivity contribution in [1.29, 1.82) is 0 Å². The van der Waals surface area contributed by atoms with E-state index in [1.165, 1.54) is 11.8 Å². The third-order valence-corrected chi connectivity index (χ3v) is 2.76. The average Bonchev–Trinajstić information content (AvgIpc) is 2.36. The van der Waals surface area contributed by atoms with Crippen LogP contribution in [0.3, 0.4) is 0 Å². The Kier molecular flexibility index (Phi) is 3.60. The van der Waals surface area contributed by atoms with E-state index in [9.17, 15) is 9.59 Å². The van der Waals surface area contributed by atoms with Gasteiger partial charge in [0.15, 0.2) is 6.29 Å². The highest BCUT2D eigenvalue weighted by atomic mass is 35.5. The Morgan fingerprint density at radius 1 is 1.69 bits per heavy atom. The first-order valence-electron chi connectivity index (χ1n) is 4.93. The van der Waals surface area contributed by atoms with Crippen LogP contribution in [0.25, 0.3) is 0 Å². The van der Waals surface area contributed by atoms with Gasteiger partial charge in [0.05, 0.1) is 6.04 Å². The lowest BCUT2D eigenvalue weighted by molar-refractivity contribution is -0.165. The molecule has 6 heteroatoms. The maximum atomic E-state index is 11.5. The summed E-state index contributed by atoms with van der Waals surface area (Å²) in [4.78, 5) is 24.2. The number of amides is 1. The van der Waals surface area contributed by atoms with Gasteiger partial charge in [0.1, 0.15) is 5.70 Å². The van der Waals surface area contributed by atoms with Gasteiger partial charge in [0.25, 0.3) is 0 Å². The summed E-state index contributed by atoms with van der Waals surface area (Å²) in [5.41, 5.74) is 0.268. The zero-order valence-corrected chi connectivity index (χ0v) is 9.86. The maximum absolute atomic E-state index is 11.5. The van der Waals surface area contributed by atoms with Gasteiger partial charge < -0.3 is 14.7 Å². The smallest absolute Gasteiger partial charge is 0.357 e. The molecule has 0 bridgehead atoms. The summed E-state index contributed by atoms with van der Waals surface area (Å²) in [5, 5.41) is 8.91. The molecule has 0 aromatic carbocycles. The van der Waals surface area contributed by atoms with E-state index in [0.29, 0.717) is 6.42 Å². The molecule has 0 aliphatic carbocycles. The fourth-order valence-electron chi connectivity index (χ4n) is 2.00. The van der Waals surface area contributed by atoms with Crippen LogP contribution >= 0.6 is 12.4 Å². The van der Waals surface area contributed by atoms with Crippen LogP contribution in [0.2, 0.25) is 0 Å². The van der Waals surface area contributed by atoms with E-state index in [1.54, 1.807) is 6.08 Å². The number of ether oxygens (including phenoxy) is 1. The second-order valence-corrected chi connectivity index (χ2v) is 3.95. The molecule has 0 saturated carbocycles. The number of aliphatic hydroxyl groups is 1. The lowest BCUT2D eigenvalue weighted by atomic mass is 9.94. The second-order valence-electron chi connectivity index (χ2n) is 3.95. The molecule has 90 valence electrons. The number of fused-ring (bicyclic) bond motifs is 1. The highest BCUT2D eigenvalue weighted by molar-refractivity contribution is 5.98. The highest BCUT2D eigenvalue weighted by Gasteiger charge is 2.48. The summed E-state index contributed by atoms with van der Waals surface area (Å²) in [6, 6.07) is 0.106. The Balaban J connectivity index is 0.00000128. The molecular weight excluding hydrogens is 234 g/mol. The Labute approximate surface area is 99.5 Å². The van der Waals surface area contributed by atoms with Crippen LogP contribution in [0.4, 0.5) is 0 Å². The van der Waals surface area contributed by atoms with Gasteiger partial charge in [-0.2, -0.15) is 0 Å². The van der Waals surface area contributed by atoms with Gasteiger partial charge in [-0.05, 0) is 18.9 Å². The number of hydrogen-bond donors (Lipinski definition) is 1. The van der Waals surface area contributed by atoms with Crippen LogP contribution < -0.4 is 0 Å². The van der Waals surface area contributed by atoms with Gasteiger partial charge in [-0.1, -0.05) is 6.92 Å². The van der Waals surface area contributed by atoms with Crippen molar-refractivity contribution in [1.82, 2.24) is 4.90 Å². The molecule has 0 spiro atoms. The summed E-state index contributed by atoms with van der Waals surface area (Å²) >= 11 is 0. The van der Waals surface area contributed by atoms with Gasteiger partial charge >= 0.3 is 5.97 Å². The van der Waals surface area contributed by atoms with Gasteiger partial charge in [-0.25, -0.2) is 4.79 Å². The quantitative estimate of drug-likeness (QED) is 0.436. The van der Waals surface area contributed by atoms with Crippen LogP contribution in [-0.4, -0.2) is 34.2 Å². The van der Waals surface area contributed by atoms with Gasteiger partial charge in [0, 0.05) is 6.42 Å². The predicted molar refractivity (Wildman–Crippen MR) is 57.5 cm³/mol. The number of halogens is 1. The van der Waals surface area contributed by atoms with E-state index in [-0.39, 0.29) is 36.0 Å². The molecule has 3 atom stereocenters. The molecule has 1 N–H and O–H groups in total. The normalized spacial score (nSPS) is 28.6. The minimum absolute atomic E-state index is 0. The van der Waals surface area contributed by atoms with E-state index in [1.807, 2.05) is 6.92 Å². The predicted octanol–water partition coefficient (Wildman–Crippen LogP) is 0.424. The van der Waals surface area contributed by atoms with Crippen LogP contribution in [0.15, 0.2) is 11.8 Å². The molecule has 2 heterocycles. The third-order valence-electron chi connectivity index (χ3n) is 2.76. The number of aliphatic hydroxyl groups excluding tert-OH is 1. The standard InChI is InChI=1S/C10H13NO4.ClH/c1-5-3-8(10(14)15-6(2)12)11-7(5)4-9(11)13;/h3,5-7,12H,4H2,1-2H3;1H/t5?,6-,7+;/m1./s1. The molecule has 2 aliphatic rings. The first-order valence-corrected chi connectivity index (χ1v) is 4.93. The number of esters is 1. The average molecular weight is 248 g/mol. The SMILES string of the molecule is CC1C=C(C(=O)O[C@H](C)O)N2C(=O)C[C@@H]12.Cl. The van der Waals surface area contributed by atoms with Gasteiger partial charge in [-0.15, -0.1) is 12.4 Å². The summed E-state index contributed by atoms with van der Waals surface area (Å²) < 4.78 is 4.64. The van der Waals surface area contributed by atoms with E-state index in [2.05, 4.69) is 4.74 Å².